The van der Waals surface area contributed by atoms with Crippen molar-refractivity contribution in [2.75, 3.05) is 19.6 Å². The number of rotatable bonds is 6. The molecule has 0 aromatic rings. The summed E-state index contributed by atoms with van der Waals surface area (Å²) in [5, 5.41) is 3.34. The van der Waals surface area contributed by atoms with Crippen LogP contribution in [0, 0.1) is 0 Å². The summed E-state index contributed by atoms with van der Waals surface area (Å²) in [6, 6.07) is 0. The second-order valence-corrected chi connectivity index (χ2v) is 8.92. The van der Waals surface area contributed by atoms with Gasteiger partial charge in [-0.05, 0) is 34.1 Å². The zero-order valence-corrected chi connectivity index (χ0v) is 12.7. The number of nitrogens with zero attached hydrogens (tertiary/aromatic N) is 2. The average molecular weight is 259 g/mol. The molecule has 1 N–H and O–H groups in total. The van der Waals surface area contributed by atoms with Crippen LogP contribution in [0.5, 0.6) is 0 Å². The van der Waals surface area contributed by atoms with Gasteiger partial charge in [0.2, 0.25) is 0 Å². The number of hydrogen-bond acceptors (Lipinski definition) is 1. The number of hydrogen-bond donors (Lipinski definition) is 1. The van der Waals surface area contributed by atoms with E-state index in [4.69, 9.17) is 0 Å². The average Bonchev–Trinajstić information content (AvgIpc) is 3.03. The van der Waals surface area contributed by atoms with Crippen LogP contribution in [-0.2, 0) is 4.57 Å². The van der Waals surface area contributed by atoms with Crippen molar-refractivity contribution in [2.24, 2.45) is 0 Å². The Kier molecular flexibility index (Phi) is 3.23. The van der Waals surface area contributed by atoms with Crippen LogP contribution in [0.1, 0.15) is 47.5 Å². The molecule has 0 aromatic heterocycles. The smallest absolute Gasteiger partial charge is 0.270 e. The Morgan fingerprint density at radius 3 is 1.82 bits per heavy atom. The number of nitrogens with one attached hydrogen (secondary N) is 1. The Morgan fingerprint density at radius 1 is 1.12 bits per heavy atom. The molecule has 100 valence electrons. The first-order valence-electron chi connectivity index (χ1n) is 6.65. The Hall–Kier alpha value is 0.110. The van der Waals surface area contributed by atoms with Crippen molar-refractivity contribution < 1.29 is 4.57 Å². The van der Waals surface area contributed by atoms with Gasteiger partial charge < -0.3 is 0 Å². The highest BCUT2D eigenvalue weighted by molar-refractivity contribution is 7.57. The van der Waals surface area contributed by atoms with Crippen molar-refractivity contribution in [2.45, 2.75) is 58.5 Å². The third-order valence-corrected chi connectivity index (χ3v) is 7.08. The largest absolute Gasteiger partial charge is 0.285 e. The summed E-state index contributed by atoms with van der Waals surface area (Å²) in [5.41, 5.74) is 0.209. The summed E-state index contributed by atoms with van der Waals surface area (Å²) >= 11 is 0. The summed E-state index contributed by atoms with van der Waals surface area (Å²) in [5.74, 6) is 0. The monoisotopic (exact) mass is 259 g/mol. The molecule has 4 nitrogen and oxygen atoms in total. The van der Waals surface area contributed by atoms with Crippen molar-refractivity contribution >= 4 is 7.59 Å². The van der Waals surface area contributed by atoms with Crippen LogP contribution in [0.4, 0.5) is 0 Å². The molecule has 2 aliphatic rings. The molecular formula is C12H26N3OP. The fourth-order valence-corrected chi connectivity index (χ4v) is 5.89. The molecule has 2 saturated heterocycles. The molecule has 0 spiro atoms. The standard InChI is InChI=1S/C12H26N3OP/c1-6-7-8-13-17(16,14-9-11(14,2)3)15-10-12(15,4)5/h6-10H2,1-5H3,(H,13,16). The highest BCUT2D eigenvalue weighted by Gasteiger charge is 2.63. The summed E-state index contributed by atoms with van der Waals surface area (Å²) in [7, 11) is -2.50. The fourth-order valence-electron chi connectivity index (χ4n) is 2.29. The van der Waals surface area contributed by atoms with E-state index in [2.05, 4.69) is 49.0 Å². The zero-order valence-electron chi connectivity index (χ0n) is 11.8. The minimum absolute atomic E-state index is 0.105. The molecule has 2 atom stereocenters. The van der Waals surface area contributed by atoms with Crippen molar-refractivity contribution in [1.29, 1.82) is 0 Å². The molecular weight excluding hydrogens is 233 g/mol. The molecule has 0 bridgehead atoms. The van der Waals surface area contributed by atoms with E-state index in [9.17, 15) is 4.57 Å². The Morgan fingerprint density at radius 2 is 1.53 bits per heavy atom. The minimum atomic E-state index is -2.50. The van der Waals surface area contributed by atoms with Crippen LogP contribution in [0.2, 0.25) is 0 Å². The quantitative estimate of drug-likeness (QED) is 0.452. The van der Waals surface area contributed by atoms with E-state index in [1.54, 1.807) is 0 Å². The summed E-state index contributed by atoms with van der Waals surface area (Å²) in [6.45, 7) is 13.6. The lowest BCUT2D eigenvalue weighted by Gasteiger charge is -2.25. The molecule has 0 aromatic carbocycles. The fraction of sp³-hybridized carbons (Fsp3) is 1.00. The van der Waals surface area contributed by atoms with Gasteiger partial charge >= 0.3 is 0 Å². The van der Waals surface area contributed by atoms with Crippen LogP contribution in [0.3, 0.4) is 0 Å². The second kappa shape index (κ2) is 4.06. The van der Waals surface area contributed by atoms with Crippen molar-refractivity contribution in [1.82, 2.24) is 14.4 Å². The molecule has 17 heavy (non-hydrogen) atoms. The minimum Gasteiger partial charge on any atom is -0.270 e. The van der Waals surface area contributed by atoms with E-state index in [-0.39, 0.29) is 11.1 Å². The third-order valence-electron chi connectivity index (χ3n) is 3.77. The lowest BCUT2D eigenvalue weighted by atomic mass is 10.2. The van der Waals surface area contributed by atoms with E-state index in [0.29, 0.717) is 0 Å². The van der Waals surface area contributed by atoms with Gasteiger partial charge in [0.15, 0.2) is 0 Å². The Balaban J connectivity index is 2.06. The number of unbranched alkanes of at least 4 members (excludes halogenated alkanes) is 1. The second-order valence-electron chi connectivity index (χ2n) is 6.55. The van der Waals surface area contributed by atoms with Crippen molar-refractivity contribution in [3.63, 3.8) is 0 Å². The molecule has 0 saturated carbocycles. The highest BCUT2D eigenvalue weighted by Crippen LogP contribution is 2.67. The predicted octanol–water partition coefficient (Wildman–Crippen LogP) is 2.67. The Labute approximate surface area is 105 Å². The molecule has 0 radical (unpaired) electrons. The first-order valence-corrected chi connectivity index (χ1v) is 8.27. The SMILES string of the molecule is CCCCNP(=O)(N1CC1(C)C)N1CC1(C)C. The van der Waals surface area contributed by atoms with Gasteiger partial charge in [0, 0.05) is 30.7 Å². The van der Waals surface area contributed by atoms with Crippen LogP contribution in [0.15, 0.2) is 0 Å². The predicted molar refractivity (Wildman–Crippen MR) is 72.1 cm³/mol. The normalized spacial score (nSPS) is 36.3. The first kappa shape index (κ1) is 13.5. The molecule has 0 amide bonds. The van der Waals surface area contributed by atoms with Gasteiger partial charge in [0.05, 0.1) is 0 Å². The van der Waals surface area contributed by atoms with Crippen molar-refractivity contribution in [3.05, 3.63) is 0 Å². The molecule has 2 fully saturated rings. The van der Waals surface area contributed by atoms with Gasteiger partial charge in [-0.25, -0.2) is 14.4 Å². The zero-order chi connectivity index (χ0) is 12.9. The van der Waals surface area contributed by atoms with Gasteiger partial charge in [0.25, 0.3) is 7.59 Å². The lowest BCUT2D eigenvalue weighted by molar-refractivity contribution is 0.454. The van der Waals surface area contributed by atoms with Gasteiger partial charge in [-0.15, -0.1) is 0 Å². The van der Waals surface area contributed by atoms with E-state index < -0.39 is 7.59 Å². The van der Waals surface area contributed by atoms with Crippen LogP contribution >= 0.6 is 7.59 Å². The van der Waals surface area contributed by atoms with Crippen LogP contribution in [0.25, 0.3) is 0 Å². The van der Waals surface area contributed by atoms with Crippen LogP contribution in [-0.4, -0.2) is 40.1 Å². The van der Waals surface area contributed by atoms with E-state index in [1.165, 1.54) is 0 Å². The topological polar surface area (TPSA) is 35.1 Å². The lowest BCUT2D eigenvalue weighted by Crippen LogP contribution is -2.27. The van der Waals surface area contributed by atoms with E-state index in [0.717, 1.165) is 32.5 Å². The van der Waals surface area contributed by atoms with Crippen LogP contribution < -0.4 is 5.09 Å². The molecule has 2 heterocycles. The maximum absolute atomic E-state index is 13.2. The van der Waals surface area contributed by atoms with Gasteiger partial charge in [-0.2, -0.15) is 0 Å². The maximum atomic E-state index is 13.2. The van der Waals surface area contributed by atoms with E-state index in [1.807, 2.05) is 0 Å². The van der Waals surface area contributed by atoms with Gasteiger partial charge in [-0.1, -0.05) is 13.3 Å². The van der Waals surface area contributed by atoms with Crippen molar-refractivity contribution in [3.8, 4) is 0 Å². The molecule has 2 rings (SSSR count). The molecule has 0 aliphatic carbocycles. The van der Waals surface area contributed by atoms with Gasteiger partial charge in [-0.3, -0.25) is 4.57 Å². The summed E-state index contributed by atoms with van der Waals surface area (Å²) < 4.78 is 17.5. The highest BCUT2D eigenvalue weighted by atomic mass is 31.2. The molecule has 5 heteroatoms. The maximum Gasteiger partial charge on any atom is 0.285 e. The molecule has 2 aliphatic heterocycles. The third kappa shape index (κ3) is 2.46. The Bertz CT molecular complexity index is 328. The molecule has 2 unspecified atom stereocenters. The summed E-state index contributed by atoms with van der Waals surface area (Å²) in [4.78, 5) is 0. The first-order chi connectivity index (χ1) is 7.74. The van der Waals surface area contributed by atoms with E-state index >= 15 is 0 Å². The van der Waals surface area contributed by atoms with Gasteiger partial charge in [0.1, 0.15) is 0 Å². The summed E-state index contributed by atoms with van der Waals surface area (Å²) in [6.07, 6.45) is 2.23.